The number of benzene rings is 1. The third-order valence-electron chi connectivity index (χ3n) is 2.51. The largest absolute Gasteiger partial charge is 0.399 e. The third-order valence-corrected chi connectivity index (χ3v) is 2.79. The van der Waals surface area contributed by atoms with Gasteiger partial charge in [0, 0.05) is 11.3 Å². The van der Waals surface area contributed by atoms with Crippen molar-refractivity contribution < 1.29 is 0 Å². The van der Waals surface area contributed by atoms with Gasteiger partial charge in [-0.25, -0.2) is 4.98 Å². The second-order valence-corrected chi connectivity index (χ2v) is 4.08. The zero-order valence-corrected chi connectivity index (χ0v) is 9.99. The minimum atomic E-state index is 0.215. The monoisotopic (exact) mass is 243 g/mol. The molecule has 17 heavy (non-hydrogen) atoms. The van der Waals surface area contributed by atoms with Crippen molar-refractivity contribution in [1.29, 1.82) is 5.26 Å². The van der Waals surface area contributed by atoms with Gasteiger partial charge in [-0.05, 0) is 36.8 Å². The summed E-state index contributed by atoms with van der Waals surface area (Å²) in [7, 11) is 0. The van der Waals surface area contributed by atoms with Crippen molar-refractivity contribution in [1.82, 2.24) is 4.98 Å². The van der Waals surface area contributed by atoms with Crippen molar-refractivity contribution in [3.8, 4) is 17.3 Å². The fourth-order valence-electron chi connectivity index (χ4n) is 1.58. The van der Waals surface area contributed by atoms with E-state index >= 15 is 0 Å². The normalized spacial score (nSPS) is 9.94. The summed E-state index contributed by atoms with van der Waals surface area (Å²) in [6.07, 6.45) is 0. The van der Waals surface area contributed by atoms with Gasteiger partial charge in [-0.3, -0.25) is 0 Å². The highest BCUT2D eigenvalue weighted by molar-refractivity contribution is 6.30. The highest BCUT2D eigenvalue weighted by Gasteiger charge is 2.07. The Morgan fingerprint density at radius 1 is 1.29 bits per heavy atom. The second-order valence-electron chi connectivity index (χ2n) is 3.72. The Morgan fingerprint density at radius 3 is 2.71 bits per heavy atom. The van der Waals surface area contributed by atoms with Gasteiger partial charge < -0.3 is 5.73 Å². The molecule has 84 valence electrons. The van der Waals surface area contributed by atoms with E-state index in [0.29, 0.717) is 11.3 Å². The maximum Gasteiger partial charge on any atom is 0.147 e. The Labute approximate surface area is 104 Å². The van der Waals surface area contributed by atoms with E-state index in [2.05, 4.69) is 4.98 Å². The molecule has 2 N–H and O–H groups in total. The number of rotatable bonds is 1. The predicted molar refractivity (Wildman–Crippen MR) is 68.5 cm³/mol. The summed E-state index contributed by atoms with van der Waals surface area (Å²) in [5.41, 5.74) is 9.50. The first-order valence-corrected chi connectivity index (χ1v) is 5.43. The van der Waals surface area contributed by atoms with E-state index in [1.165, 1.54) is 0 Å². The van der Waals surface area contributed by atoms with Crippen LogP contribution in [0.1, 0.15) is 11.1 Å². The zero-order chi connectivity index (χ0) is 12.4. The van der Waals surface area contributed by atoms with Gasteiger partial charge in [0.05, 0.1) is 11.3 Å². The highest BCUT2D eigenvalue weighted by Crippen LogP contribution is 2.26. The van der Waals surface area contributed by atoms with Crippen molar-refractivity contribution in [2.75, 3.05) is 5.73 Å². The average molecular weight is 244 g/mol. The summed E-state index contributed by atoms with van der Waals surface area (Å²) in [5, 5.41) is 9.00. The summed E-state index contributed by atoms with van der Waals surface area (Å²) < 4.78 is 0. The second kappa shape index (κ2) is 4.44. The van der Waals surface area contributed by atoms with Crippen LogP contribution in [0.3, 0.4) is 0 Å². The molecule has 2 aromatic rings. The summed E-state index contributed by atoms with van der Waals surface area (Å²) in [4.78, 5) is 4.20. The minimum Gasteiger partial charge on any atom is -0.399 e. The highest BCUT2D eigenvalue weighted by atomic mass is 35.5. The minimum absolute atomic E-state index is 0.215. The molecule has 0 fully saturated rings. The first-order valence-electron chi connectivity index (χ1n) is 5.05. The molecule has 0 aliphatic heterocycles. The van der Waals surface area contributed by atoms with Crippen LogP contribution in [0.4, 0.5) is 5.69 Å². The molecule has 4 heteroatoms. The van der Waals surface area contributed by atoms with Gasteiger partial charge >= 0.3 is 0 Å². The van der Waals surface area contributed by atoms with E-state index in [9.17, 15) is 0 Å². The molecule has 0 bridgehead atoms. The lowest BCUT2D eigenvalue weighted by Gasteiger charge is -2.07. The lowest BCUT2D eigenvalue weighted by atomic mass is 10.0. The Balaban J connectivity index is 2.58. The van der Waals surface area contributed by atoms with E-state index in [1.54, 1.807) is 12.1 Å². The first-order chi connectivity index (χ1) is 8.11. The van der Waals surface area contributed by atoms with E-state index in [1.807, 2.05) is 31.2 Å². The van der Waals surface area contributed by atoms with Gasteiger partial charge in [0.25, 0.3) is 0 Å². The van der Waals surface area contributed by atoms with Crippen molar-refractivity contribution in [3.05, 3.63) is 46.6 Å². The van der Waals surface area contributed by atoms with Crippen LogP contribution in [0.5, 0.6) is 0 Å². The SMILES string of the molecule is Cc1ccc(N)cc1-c1ccc(C#N)c(Cl)n1. The van der Waals surface area contributed by atoms with E-state index in [0.717, 1.165) is 16.8 Å². The zero-order valence-electron chi connectivity index (χ0n) is 9.24. The van der Waals surface area contributed by atoms with Crippen molar-refractivity contribution in [3.63, 3.8) is 0 Å². The van der Waals surface area contributed by atoms with Gasteiger partial charge in [-0.15, -0.1) is 0 Å². The molecule has 0 saturated carbocycles. The summed E-state index contributed by atoms with van der Waals surface area (Å²) >= 11 is 5.91. The Hall–Kier alpha value is -2.05. The molecular weight excluding hydrogens is 234 g/mol. The van der Waals surface area contributed by atoms with E-state index < -0.39 is 0 Å². The Bertz CT molecular complexity index is 615. The van der Waals surface area contributed by atoms with Crippen LogP contribution in [-0.4, -0.2) is 4.98 Å². The number of aromatic nitrogens is 1. The number of hydrogen-bond donors (Lipinski definition) is 1. The van der Waals surface area contributed by atoms with Crippen LogP contribution in [0.2, 0.25) is 5.15 Å². The number of aryl methyl sites for hydroxylation is 1. The maximum atomic E-state index is 8.78. The molecule has 0 aliphatic carbocycles. The van der Waals surface area contributed by atoms with Gasteiger partial charge in [-0.1, -0.05) is 17.7 Å². The van der Waals surface area contributed by atoms with Crippen LogP contribution >= 0.6 is 11.6 Å². The molecule has 2 rings (SSSR count). The van der Waals surface area contributed by atoms with Crippen molar-refractivity contribution in [2.45, 2.75) is 6.92 Å². The number of pyridine rings is 1. The molecule has 1 heterocycles. The summed E-state index contributed by atoms with van der Waals surface area (Å²) in [6.45, 7) is 1.97. The molecule has 0 atom stereocenters. The molecule has 0 aliphatic rings. The van der Waals surface area contributed by atoms with E-state index in [4.69, 9.17) is 22.6 Å². The van der Waals surface area contributed by atoms with Crippen LogP contribution in [0.25, 0.3) is 11.3 Å². The number of anilines is 1. The lowest BCUT2D eigenvalue weighted by molar-refractivity contribution is 1.29. The third kappa shape index (κ3) is 2.22. The molecule has 0 amide bonds. The fourth-order valence-corrected chi connectivity index (χ4v) is 1.78. The predicted octanol–water partition coefficient (Wildman–Crippen LogP) is 3.16. The van der Waals surface area contributed by atoms with Crippen molar-refractivity contribution >= 4 is 17.3 Å². The van der Waals surface area contributed by atoms with Gasteiger partial charge in [0.15, 0.2) is 0 Å². The van der Waals surface area contributed by atoms with Crippen LogP contribution in [-0.2, 0) is 0 Å². The standard InChI is InChI=1S/C13H10ClN3/c1-8-2-4-10(16)6-11(8)12-5-3-9(7-15)13(14)17-12/h2-6H,16H2,1H3. The molecule has 3 nitrogen and oxygen atoms in total. The van der Waals surface area contributed by atoms with Crippen molar-refractivity contribution in [2.24, 2.45) is 0 Å². The smallest absolute Gasteiger partial charge is 0.147 e. The molecule has 0 unspecified atom stereocenters. The molecule has 0 radical (unpaired) electrons. The van der Waals surface area contributed by atoms with E-state index in [-0.39, 0.29) is 5.15 Å². The number of nitrogens with zero attached hydrogens (tertiary/aromatic N) is 2. The number of nitriles is 1. The Morgan fingerprint density at radius 2 is 2.06 bits per heavy atom. The molecular formula is C13H10ClN3. The quantitative estimate of drug-likeness (QED) is 0.618. The average Bonchev–Trinajstić information content (AvgIpc) is 2.32. The number of nitrogens with two attached hydrogens (primary N) is 1. The number of hydrogen-bond acceptors (Lipinski definition) is 3. The van der Waals surface area contributed by atoms with Crippen LogP contribution in [0.15, 0.2) is 30.3 Å². The summed E-state index contributed by atoms with van der Waals surface area (Å²) in [5.74, 6) is 0. The van der Waals surface area contributed by atoms with Crippen LogP contribution < -0.4 is 5.73 Å². The fraction of sp³-hybridized carbons (Fsp3) is 0.0769. The lowest BCUT2D eigenvalue weighted by Crippen LogP contribution is -1.92. The first kappa shape index (κ1) is 11.4. The maximum absolute atomic E-state index is 8.78. The molecule has 0 spiro atoms. The van der Waals surface area contributed by atoms with Crippen LogP contribution in [0, 0.1) is 18.3 Å². The molecule has 0 saturated heterocycles. The number of halogens is 1. The van der Waals surface area contributed by atoms with Gasteiger partial charge in [0.2, 0.25) is 0 Å². The molecule has 1 aromatic heterocycles. The molecule has 1 aromatic carbocycles. The van der Waals surface area contributed by atoms with Gasteiger partial charge in [-0.2, -0.15) is 5.26 Å². The topological polar surface area (TPSA) is 62.7 Å². The van der Waals surface area contributed by atoms with Gasteiger partial charge in [0.1, 0.15) is 11.2 Å². The summed E-state index contributed by atoms with van der Waals surface area (Å²) in [6, 6.07) is 11.0. The number of nitrogen functional groups attached to an aromatic ring is 1. The Kier molecular flexibility index (Phi) is 2.99.